The van der Waals surface area contributed by atoms with Gasteiger partial charge in [0, 0.05) is 23.0 Å². The van der Waals surface area contributed by atoms with Gasteiger partial charge in [0.25, 0.3) is 7.52 Å². The Bertz CT molecular complexity index is 1230. The summed E-state index contributed by atoms with van der Waals surface area (Å²) in [6.45, 7) is 7.18. The van der Waals surface area contributed by atoms with Gasteiger partial charge in [-0.2, -0.15) is 0 Å². The molecule has 6 heteroatoms. The predicted molar refractivity (Wildman–Crippen MR) is 151 cm³/mol. The minimum absolute atomic E-state index is 0.111. The molecular formula is C31H37ClNO3P. The number of benzene rings is 3. The minimum atomic E-state index is -3.64. The standard InChI is InChI=1S/C31H37ClNO3P/c1-22-14-19-27-28(20-22)36-37(35,33(31(27,2)3)21-23-10-6-4-7-11-23)30(25-12-8-5-9-13-25)29(34)24-15-17-26(32)18-16-24/h4-13,15-18,22,27-30,34H,14,19-21H2,1-3H3/t22-,27-,28-,29-,30+,37+/m1/s1. The van der Waals surface area contributed by atoms with Crippen molar-refractivity contribution in [3.8, 4) is 0 Å². The molecule has 5 rings (SSSR count). The number of aliphatic hydroxyl groups excluding tert-OH is 1. The molecule has 1 N–H and O–H groups in total. The second-order valence-corrected chi connectivity index (χ2v) is 14.1. The fourth-order valence-electron chi connectivity index (χ4n) is 6.37. The summed E-state index contributed by atoms with van der Waals surface area (Å²) in [6, 6.07) is 27.1. The molecule has 4 nitrogen and oxygen atoms in total. The lowest BCUT2D eigenvalue weighted by molar-refractivity contribution is -0.0553. The van der Waals surface area contributed by atoms with Gasteiger partial charge < -0.3 is 9.63 Å². The third kappa shape index (κ3) is 5.20. The van der Waals surface area contributed by atoms with Gasteiger partial charge in [0.05, 0.1) is 12.2 Å². The largest absolute Gasteiger partial charge is 0.387 e. The van der Waals surface area contributed by atoms with Gasteiger partial charge in [-0.15, -0.1) is 0 Å². The number of halogens is 1. The number of aliphatic hydroxyl groups is 1. The van der Waals surface area contributed by atoms with Gasteiger partial charge in [0.1, 0.15) is 5.66 Å². The Labute approximate surface area is 226 Å². The van der Waals surface area contributed by atoms with Gasteiger partial charge in [-0.3, -0.25) is 4.57 Å². The van der Waals surface area contributed by atoms with Crippen LogP contribution in [0, 0.1) is 11.8 Å². The zero-order valence-electron chi connectivity index (χ0n) is 21.8. The molecule has 1 saturated carbocycles. The SMILES string of the molecule is C[C@@H]1CC[C@@H]2[C@@H](C1)O[P@@](=O)([C@@H](c1ccccc1)[C@H](O)c1ccc(Cl)cc1)N(Cc1ccccc1)C2(C)C. The van der Waals surface area contributed by atoms with Crippen LogP contribution in [-0.4, -0.2) is 21.4 Å². The number of hydrogen-bond acceptors (Lipinski definition) is 3. The van der Waals surface area contributed by atoms with E-state index in [0.717, 1.165) is 30.4 Å². The number of fused-ring (bicyclic) bond motifs is 1. The topological polar surface area (TPSA) is 49.8 Å². The summed E-state index contributed by atoms with van der Waals surface area (Å²) in [5.74, 6) is 0.779. The summed E-state index contributed by atoms with van der Waals surface area (Å²) in [7, 11) is -3.64. The van der Waals surface area contributed by atoms with Crippen molar-refractivity contribution in [2.75, 3.05) is 0 Å². The van der Waals surface area contributed by atoms with Crippen molar-refractivity contribution in [1.82, 2.24) is 4.67 Å². The molecule has 37 heavy (non-hydrogen) atoms. The van der Waals surface area contributed by atoms with Crippen molar-refractivity contribution in [3.63, 3.8) is 0 Å². The van der Waals surface area contributed by atoms with E-state index in [1.165, 1.54) is 0 Å². The van der Waals surface area contributed by atoms with Crippen molar-refractivity contribution in [2.45, 2.75) is 70.0 Å². The van der Waals surface area contributed by atoms with Crippen LogP contribution in [0.4, 0.5) is 0 Å². The Morgan fingerprint density at radius 3 is 2.24 bits per heavy atom. The minimum Gasteiger partial charge on any atom is -0.387 e. The molecule has 0 bridgehead atoms. The van der Waals surface area contributed by atoms with E-state index in [1.807, 2.05) is 60.7 Å². The molecule has 3 aromatic rings. The molecule has 1 saturated heterocycles. The average molecular weight is 538 g/mol. The molecule has 0 radical (unpaired) electrons. The van der Waals surface area contributed by atoms with E-state index >= 15 is 4.57 Å². The van der Waals surface area contributed by atoms with Crippen LogP contribution in [-0.2, 0) is 15.6 Å². The van der Waals surface area contributed by atoms with Crippen molar-refractivity contribution in [3.05, 3.63) is 107 Å². The van der Waals surface area contributed by atoms with Gasteiger partial charge >= 0.3 is 0 Å². The Balaban J connectivity index is 1.67. The molecular weight excluding hydrogens is 501 g/mol. The maximum absolute atomic E-state index is 15.6. The summed E-state index contributed by atoms with van der Waals surface area (Å²) in [5, 5.41) is 12.5. The summed E-state index contributed by atoms with van der Waals surface area (Å²) in [5.41, 5.74) is 1.42. The predicted octanol–water partition coefficient (Wildman–Crippen LogP) is 8.42. The lowest BCUT2D eigenvalue weighted by atomic mass is 9.71. The molecule has 0 aromatic heterocycles. The summed E-state index contributed by atoms with van der Waals surface area (Å²) < 4.78 is 24.6. The van der Waals surface area contributed by atoms with Crippen molar-refractivity contribution < 1.29 is 14.2 Å². The molecule has 2 aliphatic rings. The summed E-state index contributed by atoms with van der Waals surface area (Å²) in [6.07, 6.45) is 1.93. The van der Waals surface area contributed by atoms with Gasteiger partial charge in [0.15, 0.2) is 0 Å². The van der Waals surface area contributed by atoms with Gasteiger partial charge in [-0.1, -0.05) is 97.7 Å². The molecule has 0 unspecified atom stereocenters. The van der Waals surface area contributed by atoms with Crippen molar-refractivity contribution in [1.29, 1.82) is 0 Å². The number of nitrogens with zero attached hydrogens (tertiary/aromatic N) is 1. The molecule has 3 aromatic carbocycles. The first-order chi connectivity index (χ1) is 17.7. The van der Waals surface area contributed by atoms with E-state index in [4.69, 9.17) is 16.1 Å². The number of hydrogen-bond donors (Lipinski definition) is 1. The van der Waals surface area contributed by atoms with Crippen LogP contribution in [0.25, 0.3) is 0 Å². The molecule has 1 heterocycles. The van der Waals surface area contributed by atoms with E-state index in [9.17, 15) is 5.11 Å². The van der Waals surface area contributed by atoms with Crippen LogP contribution in [0.3, 0.4) is 0 Å². The van der Waals surface area contributed by atoms with E-state index in [2.05, 4.69) is 37.6 Å². The van der Waals surface area contributed by atoms with Crippen molar-refractivity contribution >= 4 is 19.1 Å². The quantitative estimate of drug-likeness (QED) is 0.321. The highest BCUT2D eigenvalue weighted by Crippen LogP contribution is 2.73. The highest BCUT2D eigenvalue weighted by atomic mass is 35.5. The van der Waals surface area contributed by atoms with Crippen LogP contribution >= 0.6 is 19.1 Å². The Hall–Kier alpha value is -1.94. The molecule has 6 atom stereocenters. The first kappa shape index (κ1) is 26.7. The molecule has 2 fully saturated rings. The number of rotatable bonds is 6. The fourth-order valence-corrected chi connectivity index (χ4v) is 9.97. The fraction of sp³-hybridized carbons (Fsp3) is 0.419. The summed E-state index contributed by atoms with van der Waals surface area (Å²) >= 11 is 6.16. The molecule has 0 amide bonds. The van der Waals surface area contributed by atoms with Crippen LogP contribution in [0.15, 0.2) is 84.9 Å². The second kappa shape index (κ2) is 10.7. The van der Waals surface area contributed by atoms with E-state index in [0.29, 0.717) is 23.0 Å². The highest BCUT2D eigenvalue weighted by Gasteiger charge is 2.59. The Morgan fingerprint density at radius 1 is 0.973 bits per heavy atom. The van der Waals surface area contributed by atoms with Crippen LogP contribution in [0.2, 0.25) is 5.02 Å². The van der Waals surface area contributed by atoms with Crippen LogP contribution < -0.4 is 0 Å². The average Bonchev–Trinajstić information content (AvgIpc) is 2.88. The van der Waals surface area contributed by atoms with E-state index < -0.39 is 19.3 Å². The third-order valence-corrected chi connectivity index (χ3v) is 11.9. The van der Waals surface area contributed by atoms with Crippen molar-refractivity contribution in [2.24, 2.45) is 11.8 Å². The van der Waals surface area contributed by atoms with Gasteiger partial charge in [-0.05, 0) is 61.4 Å². The van der Waals surface area contributed by atoms with Gasteiger partial charge in [-0.25, -0.2) is 4.67 Å². The monoisotopic (exact) mass is 537 g/mol. The van der Waals surface area contributed by atoms with E-state index in [1.54, 1.807) is 12.1 Å². The third-order valence-electron chi connectivity index (χ3n) is 8.43. The molecule has 0 spiro atoms. The lowest BCUT2D eigenvalue weighted by Gasteiger charge is -2.58. The molecule has 196 valence electrons. The highest BCUT2D eigenvalue weighted by molar-refractivity contribution is 7.57. The zero-order chi connectivity index (χ0) is 26.2. The maximum Gasteiger partial charge on any atom is 0.283 e. The van der Waals surface area contributed by atoms with E-state index in [-0.39, 0.29) is 17.6 Å². The summed E-state index contributed by atoms with van der Waals surface area (Å²) in [4.78, 5) is 0. The Kier molecular flexibility index (Phi) is 7.69. The normalized spacial score (nSPS) is 29.3. The molecule has 1 aliphatic carbocycles. The van der Waals surface area contributed by atoms with Gasteiger partial charge in [0.2, 0.25) is 0 Å². The smallest absolute Gasteiger partial charge is 0.283 e. The first-order valence-corrected chi connectivity index (χ1v) is 15.3. The second-order valence-electron chi connectivity index (χ2n) is 11.3. The maximum atomic E-state index is 15.6. The Morgan fingerprint density at radius 2 is 1.59 bits per heavy atom. The van der Waals surface area contributed by atoms with Crippen LogP contribution in [0.1, 0.15) is 68.5 Å². The van der Waals surface area contributed by atoms with Crippen LogP contribution in [0.5, 0.6) is 0 Å². The lowest BCUT2D eigenvalue weighted by Crippen LogP contribution is -2.58. The zero-order valence-corrected chi connectivity index (χ0v) is 23.5. The first-order valence-electron chi connectivity index (χ1n) is 13.3. The molecule has 1 aliphatic heterocycles.